The summed E-state index contributed by atoms with van der Waals surface area (Å²) >= 11 is 0. The van der Waals surface area contributed by atoms with E-state index in [4.69, 9.17) is 10.5 Å². The lowest BCUT2D eigenvalue weighted by Crippen LogP contribution is -2.43. The summed E-state index contributed by atoms with van der Waals surface area (Å²) in [4.78, 5) is 18.8. The fraction of sp³-hybridized carbons (Fsp3) is 0.647. The van der Waals surface area contributed by atoms with Crippen LogP contribution in [0.4, 0.5) is 5.82 Å². The van der Waals surface area contributed by atoms with Gasteiger partial charge in [-0.15, -0.1) is 0 Å². The van der Waals surface area contributed by atoms with Crippen molar-refractivity contribution in [3.05, 3.63) is 23.9 Å². The number of anilines is 1. The maximum Gasteiger partial charge on any atom is 0.223 e. The van der Waals surface area contributed by atoms with Crippen LogP contribution in [0, 0.1) is 5.92 Å². The number of ether oxygens (including phenoxy) is 1. The number of nitrogen functional groups attached to an aromatic ring is 1. The number of aromatic nitrogens is 1. The first-order chi connectivity index (χ1) is 10.7. The highest BCUT2D eigenvalue weighted by atomic mass is 16.5. The monoisotopic (exact) mass is 303 g/mol. The van der Waals surface area contributed by atoms with Gasteiger partial charge in [-0.05, 0) is 30.9 Å². The van der Waals surface area contributed by atoms with Crippen molar-refractivity contribution in [2.75, 3.05) is 25.4 Å². The van der Waals surface area contributed by atoms with Gasteiger partial charge in [-0.1, -0.05) is 25.3 Å². The normalized spacial score (nSPS) is 23.5. The lowest BCUT2D eigenvalue weighted by molar-refractivity contribution is -0.140. The third-order valence-corrected chi connectivity index (χ3v) is 4.73. The quantitative estimate of drug-likeness (QED) is 0.931. The van der Waals surface area contributed by atoms with Crippen LogP contribution in [0.25, 0.3) is 0 Å². The molecule has 1 saturated heterocycles. The van der Waals surface area contributed by atoms with Gasteiger partial charge in [-0.25, -0.2) is 4.98 Å². The molecule has 0 aromatic carbocycles. The van der Waals surface area contributed by atoms with Crippen molar-refractivity contribution >= 4 is 11.7 Å². The van der Waals surface area contributed by atoms with E-state index in [9.17, 15) is 4.79 Å². The largest absolute Gasteiger partial charge is 0.384 e. The number of rotatable bonds is 3. The summed E-state index contributed by atoms with van der Waals surface area (Å²) in [5.74, 6) is 1.34. The summed E-state index contributed by atoms with van der Waals surface area (Å²) in [6, 6.07) is 5.55. The van der Waals surface area contributed by atoms with Gasteiger partial charge in [0.05, 0.1) is 18.8 Å². The topological polar surface area (TPSA) is 68.5 Å². The summed E-state index contributed by atoms with van der Waals surface area (Å²) in [7, 11) is 0. The minimum Gasteiger partial charge on any atom is -0.384 e. The molecular weight excluding hydrogens is 278 g/mol. The number of carbonyl (C=O) groups excluding carboxylic acids is 1. The van der Waals surface area contributed by atoms with Crippen LogP contribution in [0.5, 0.6) is 0 Å². The van der Waals surface area contributed by atoms with Crippen LogP contribution in [-0.2, 0) is 9.53 Å². The first kappa shape index (κ1) is 15.3. The van der Waals surface area contributed by atoms with E-state index in [1.165, 1.54) is 32.1 Å². The Kier molecular flexibility index (Phi) is 4.93. The molecule has 2 fully saturated rings. The van der Waals surface area contributed by atoms with Gasteiger partial charge >= 0.3 is 0 Å². The molecule has 1 aromatic rings. The summed E-state index contributed by atoms with van der Waals surface area (Å²) in [6.45, 7) is 1.84. The number of pyridine rings is 1. The van der Waals surface area contributed by atoms with E-state index in [1.807, 2.05) is 17.0 Å². The van der Waals surface area contributed by atoms with Crippen LogP contribution in [0.3, 0.4) is 0 Å². The standard InChI is InChI=1S/C17H25N3O2/c18-16-8-4-7-14(19-16)15-12-20(9-10-22-15)17(21)11-13-5-2-1-3-6-13/h4,7-8,13,15H,1-3,5-6,9-12H2,(H2,18,19). The van der Waals surface area contributed by atoms with Crippen molar-refractivity contribution in [1.82, 2.24) is 9.88 Å². The van der Waals surface area contributed by atoms with Gasteiger partial charge in [0.1, 0.15) is 11.9 Å². The predicted octanol–water partition coefficient (Wildman–Crippen LogP) is 2.53. The predicted molar refractivity (Wildman–Crippen MR) is 85.1 cm³/mol. The van der Waals surface area contributed by atoms with Gasteiger partial charge < -0.3 is 15.4 Å². The highest BCUT2D eigenvalue weighted by Crippen LogP contribution is 2.28. The fourth-order valence-electron chi connectivity index (χ4n) is 3.47. The molecule has 0 bridgehead atoms. The second-order valence-electron chi connectivity index (χ2n) is 6.39. The van der Waals surface area contributed by atoms with Crippen molar-refractivity contribution in [3.63, 3.8) is 0 Å². The van der Waals surface area contributed by atoms with Gasteiger partial charge in [0, 0.05) is 13.0 Å². The van der Waals surface area contributed by atoms with Crippen molar-refractivity contribution < 1.29 is 9.53 Å². The minimum atomic E-state index is -0.160. The Morgan fingerprint density at radius 3 is 2.91 bits per heavy atom. The fourth-order valence-corrected chi connectivity index (χ4v) is 3.47. The molecule has 22 heavy (non-hydrogen) atoms. The van der Waals surface area contributed by atoms with Gasteiger partial charge in [0.15, 0.2) is 0 Å². The number of amides is 1. The SMILES string of the molecule is Nc1cccc(C2CN(C(=O)CC3CCCCC3)CCO2)n1. The summed E-state index contributed by atoms with van der Waals surface area (Å²) < 4.78 is 5.78. The average molecular weight is 303 g/mol. The molecule has 1 aliphatic carbocycles. The number of nitrogens with zero attached hydrogens (tertiary/aromatic N) is 2. The highest BCUT2D eigenvalue weighted by molar-refractivity contribution is 5.76. The van der Waals surface area contributed by atoms with Gasteiger partial charge in [-0.2, -0.15) is 0 Å². The number of carbonyl (C=O) groups is 1. The molecule has 3 rings (SSSR count). The summed E-state index contributed by atoms with van der Waals surface area (Å²) in [5.41, 5.74) is 6.55. The molecule has 5 heteroatoms. The third-order valence-electron chi connectivity index (χ3n) is 4.73. The zero-order valence-electron chi connectivity index (χ0n) is 13.0. The molecule has 0 radical (unpaired) electrons. The maximum atomic E-state index is 12.5. The van der Waals surface area contributed by atoms with E-state index in [2.05, 4.69) is 4.98 Å². The Morgan fingerprint density at radius 1 is 1.32 bits per heavy atom. The molecule has 2 aliphatic rings. The van der Waals surface area contributed by atoms with Crippen molar-refractivity contribution in [3.8, 4) is 0 Å². The Bertz CT molecular complexity index is 514. The maximum absolute atomic E-state index is 12.5. The van der Waals surface area contributed by atoms with E-state index in [0.29, 0.717) is 37.9 Å². The second kappa shape index (κ2) is 7.09. The van der Waals surface area contributed by atoms with Crippen molar-refractivity contribution in [2.24, 2.45) is 5.92 Å². The number of hydrogen-bond donors (Lipinski definition) is 1. The van der Waals surface area contributed by atoms with Gasteiger partial charge in [0.25, 0.3) is 0 Å². The van der Waals surface area contributed by atoms with Crippen LogP contribution in [0.15, 0.2) is 18.2 Å². The highest BCUT2D eigenvalue weighted by Gasteiger charge is 2.28. The van der Waals surface area contributed by atoms with Crippen LogP contribution in [0.1, 0.15) is 50.3 Å². The average Bonchev–Trinajstić information content (AvgIpc) is 2.56. The first-order valence-corrected chi connectivity index (χ1v) is 8.34. The summed E-state index contributed by atoms with van der Waals surface area (Å²) in [5, 5.41) is 0. The molecule has 1 unspecified atom stereocenters. The molecule has 120 valence electrons. The van der Waals surface area contributed by atoms with Crippen LogP contribution >= 0.6 is 0 Å². The van der Waals surface area contributed by atoms with E-state index >= 15 is 0 Å². The zero-order chi connectivity index (χ0) is 15.4. The number of nitrogens with two attached hydrogens (primary N) is 1. The lowest BCUT2D eigenvalue weighted by atomic mass is 9.86. The van der Waals surface area contributed by atoms with E-state index in [-0.39, 0.29) is 12.0 Å². The summed E-state index contributed by atoms with van der Waals surface area (Å²) in [6.07, 6.45) is 6.82. The van der Waals surface area contributed by atoms with E-state index < -0.39 is 0 Å². The van der Waals surface area contributed by atoms with Crippen molar-refractivity contribution in [1.29, 1.82) is 0 Å². The molecule has 2 N–H and O–H groups in total. The minimum absolute atomic E-state index is 0.160. The Hall–Kier alpha value is -1.62. The second-order valence-corrected chi connectivity index (χ2v) is 6.39. The Labute approximate surface area is 131 Å². The molecule has 1 atom stereocenters. The smallest absolute Gasteiger partial charge is 0.223 e. The number of morpholine rings is 1. The lowest BCUT2D eigenvalue weighted by Gasteiger charge is -2.34. The molecule has 0 spiro atoms. The molecule has 2 heterocycles. The van der Waals surface area contributed by atoms with Crippen molar-refractivity contribution in [2.45, 2.75) is 44.6 Å². The molecule has 1 amide bonds. The van der Waals surface area contributed by atoms with Crippen LogP contribution in [0.2, 0.25) is 0 Å². The van der Waals surface area contributed by atoms with Crippen LogP contribution < -0.4 is 5.73 Å². The molecule has 5 nitrogen and oxygen atoms in total. The Morgan fingerprint density at radius 2 is 2.14 bits per heavy atom. The first-order valence-electron chi connectivity index (χ1n) is 8.34. The van der Waals surface area contributed by atoms with Crippen LogP contribution in [-0.4, -0.2) is 35.5 Å². The van der Waals surface area contributed by atoms with E-state index in [0.717, 1.165) is 5.69 Å². The van der Waals surface area contributed by atoms with Gasteiger partial charge in [0.2, 0.25) is 5.91 Å². The molecular formula is C17H25N3O2. The molecule has 1 saturated carbocycles. The molecule has 1 aromatic heterocycles. The molecule has 1 aliphatic heterocycles. The Balaban J connectivity index is 1.58. The zero-order valence-corrected chi connectivity index (χ0v) is 13.0. The third kappa shape index (κ3) is 3.77. The van der Waals surface area contributed by atoms with E-state index in [1.54, 1.807) is 6.07 Å². The van der Waals surface area contributed by atoms with Gasteiger partial charge in [-0.3, -0.25) is 4.79 Å². The number of hydrogen-bond acceptors (Lipinski definition) is 4.